The zero-order chi connectivity index (χ0) is 22.1. The maximum atomic E-state index is 12.7. The lowest BCUT2D eigenvalue weighted by Crippen LogP contribution is -2.52. The Morgan fingerprint density at radius 2 is 1.57 bits per heavy atom. The molecule has 0 saturated heterocycles. The van der Waals surface area contributed by atoms with Crippen molar-refractivity contribution in [3.63, 3.8) is 0 Å². The van der Waals surface area contributed by atoms with E-state index in [1.165, 1.54) is 14.1 Å². The van der Waals surface area contributed by atoms with Crippen LogP contribution in [0.4, 0.5) is 0 Å². The van der Waals surface area contributed by atoms with E-state index in [0.717, 1.165) is 21.8 Å². The Labute approximate surface area is 175 Å². The molecule has 8 nitrogen and oxygen atoms in total. The number of carbonyl (C=O) groups is 3. The first-order valence-electron chi connectivity index (χ1n) is 9.37. The summed E-state index contributed by atoms with van der Waals surface area (Å²) >= 11 is 0. The maximum absolute atomic E-state index is 12.7. The maximum Gasteiger partial charge on any atom is 0.254 e. The monoisotopic (exact) mass is 414 g/mol. The van der Waals surface area contributed by atoms with E-state index in [0.29, 0.717) is 18.8 Å². The summed E-state index contributed by atoms with van der Waals surface area (Å²) in [6.07, 6.45) is 0. The van der Waals surface area contributed by atoms with Crippen LogP contribution in [0.15, 0.2) is 48.5 Å². The molecule has 0 aliphatic heterocycles. The summed E-state index contributed by atoms with van der Waals surface area (Å²) in [6.45, 7) is 0.145. The fourth-order valence-electron chi connectivity index (χ4n) is 2.87. The number of benzene rings is 2. The van der Waals surface area contributed by atoms with Gasteiger partial charge in [-0.05, 0) is 35.4 Å². The third-order valence-electron chi connectivity index (χ3n) is 4.54. The van der Waals surface area contributed by atoms with Crippen LogP contribution in [0.5, 0.6) is 5.75 Å². The second-order valence-corrected chi connectivity index (χ2v) is 6.50. The highest BCUT2D eigenvalue weighted by Gasteiger charge is 2.32. The molecular formula is C22H26N2O6. The van der Waals surface area contributed by atoms with Crippen molar-refractivity contribution in [3.05, 3.63) is 54.1 Å². The number of hydrogen-bond acceptors (Lipinski definition) is 6. The molecule has 160 valence electrons. The van der Waals surface area contributed by atoms with Gasteiger partial charge in [-0.3, -0.25) is 14.4 Å². The summed E-state index contributed by atoms with van der Waals surface area (Å²) in [6, 6.07) is 13.0. The van der Waals surface area contributed by atoms with E-state index < -0.39 is 30.2 Å². The molecule has 0 radical (unpaired) electrons. The van der Waals surface area contributed by atoms with Crippen molar-refractivity contribution in [2.75, 3.05) is 41.0 Å². The standard InChI is InChI=1S/C22H26N2O6/c1-23-21(27)20(19(26)14-25)24(2)22(28)17-6-4-15(5-7-17)16-8-10-18(11-9-16)30-13-12-29-3/h4-11,20,25H,12-14H2,1-3H3,(H,23,27). The lowest BCUT2D eigenvalue weighted by Gasteiger charge is -2.25. The fourth-order valence-corrected chi connectivity index (χ4v) is 2.87. The van der Waals surface area contributed by atoms with Gasteiger partial charge in [0.25, 0.3) is 5.91 Å². The number of carbonyl (C=O) groups excluding carboxylic acids is 3. The Balaban J connectivity index is 2.13. The summed E-state index contributed by atoms with van der Waals surface area (Å²) in [5.74, 6) is -1.18. The summed E-state index contributed by atoms with van der Waals surface area (Å²) in [4.78, 5) is 37.7. The zero-order valence-corrected chi connectivity index (χ0v) is 17.3. The Kier molecular flexibility index (Phi) is 8.52. The number of ketones is 1. The summed E-state index contributed by atoms with van der Waals surface area (Å²) < 4.78 is 10.5. The fraction of sp³-hybridized carbons (Fsp3) is 0.318. The number of ether oxygens (including phenoxy) is 2. The number of methoxy groups -OCH3 is 1. The topological polar surface area (TPSA) is 105 Å². The van der Waals surface area contributed by atoms with Crippen LogP contribution in [0.2, 0.25) is 0 Å². The van der Waals surface area contributed by atoms with Crippen molar-refractivity contribution < 1.29 is 29.0 Å². The van der Waals surface area contributed by atoms with Gasteiger partial charge in [-0.15, -0.1) is 0 Å². The van der Waals surface area contributed by atoms with Gasteiger partial charge in [-0.1, -0.05) is 24.3 Å². The molecule has 2 N–H and O–H groups in total. The minimum Gasteiger partial charge on any atom is -0.491 e. The van der Waals surface area contributed by atoms with Crippen molar-refractivity contribution in [3.8, 4) is 16.9 Å². The Morgan fingerprint density at radius 1 is 1.00 bits per heavy atom. The van der Waals surface area contributed by atoms with E-state index in [-0.39, 0.29) is 0 Å². The van der Waals surface area contributed by atoms with Gasteiger partial charge >= 0.3 is 0 Å². The smallest absolute Gasteiger partial charge is 0.254 e. The van der Waals surface area contributed by atoms with Crippen molar-refractivity contribution in [1.29, 1.82) is 0 Å². The molecule has 1 unspecified atom stereocenters. The van der Waals surface area contributed by atoms with Gasteiger partial charge in [0, 0.05) is 26.8 Å². The Morgan fingerprint density at radius 3 is 2.07 bits per heavy atom. The molecule has 0 fully saturated rings. The largest absolute Gasteiger partial charge is 0.491 e. The number of hydrogen-bond donors (Lipinski definition) is 2. The van der Waals surface area contributed by atoms with Crippen LogP contribution in [0.25, 0.3) is 11.1 Å². The van der Waals surface area contributed by atoms with E-state index in [1.54, 1.807) is 31.4 Å². The number of aliphatic hydroxyl groups excluding tert-OH is 1. The molecule has 0 heterocycles. The van der Waals surface area contributed by atoms with Crippen molar-refractivity contribution in [2.24, 2.45) is 0 Å². The Bertz CT molecular complexity index is 848. The summed E-state index contributed by atoms with van der Waals surface area (Å²) in [7, 11) is 4.33. The molecule has 2 aromatic carbocycles. The molecule has 2 aromatic rings. The van der Waals surface area contributed by atoms with Gasteiger partial charge in [-0.25, -0.2) is 0 Å². The predicted octanol–water partition coefficient (Wildman–Crippen LogP) is 1.13. The second-order valence-electron chi connectivity index (χ2n) is 6.50. The molecule has 8 heteroatoms. The minimum absolute atomic E-state index is 0.320. The van der Waals surface area contributed by atoms with Gasteiger partial charge in [0.1, 0.15) is 19.0 Å². The third kappa shape index (κ3) is 5.65. The number of rotatable bonds is 10. The summed E-state index contributed by atoms with van der Waals surface area (Å²) in [5, 5.41) is 11.4. The molecule has 0 aliphatic rings. The molecule has 30 heavy (non-hydrogen) atoms. The molecule has 0 bridgehead atoms. The van der Waals surface area contributed by atoms with Crippen LogP contribution in [-0.4, -0.2) is 74.7 Å². The molecule has 2 amide bonds. The van der Waals surface area contributed by atoms with Crippen LogP contribution >= 0.6 is 0 Å². The number of nitrogens with one attached hydrogen (secondary N) is 1. The van der Waals surface area contributed by atoms with E-state index in [9.17, 15) is 14.4 Å². The number of Topliss-reactive ketones (excluding diaryl/α,β-unsaturated/α-hetero) is 1. The van der Waals surface area contributed by atoms with Crippen LogP contribution in [0.1, 0.15) is 10.4 Å². The van der Waals surface area contributed by atoms with Crippen LogP contribution in [-0.2, 0) is 14.3 Å². The molecule has 0 aliphatic carbocycles. The van der Waals surface area contributed by atoms with Crippen molar-refractivity contribution in [1.82, 2.24) is 10.2 Å². The van der Waals surface area contributed by atoms with E-state index in [2.05, 4.69) is 5.32 Å². The highest BCUT2D eigenvalue weighted by molar-refractivity contribution is 6.10. The van der Waals surface area contributed by atoms with Gasteiger partial charge in [0.15, 0.2) is 11.8 Å². The molecule has 1 atom stereocenters. The number of aliphatic hydroxyl groups is 1. The lowest BCUT2D eigenvalue weighted by molar-refractivity contribution is -0.135. The first kappa shape index (κ1) is 23.1. The molecule has 0 spiro atoms. The number of likely N-dealkylation sites (N-methyl/N-ethyl adjacent to an activating group) is 2. The van der Waals surface area contributed by atoms with Gasteiger partial charge in [0.2, 0.25) is 5.91 Å². The second kappa shape index (κ2) is 11.1. The SMILES string of the molecule is CNC(=O)C(C(=O)CO)N(C)C(=O)c1ccc(-c2ccc(OCCOC)cc2)cc1. The van der Waals surface area contributed by atoms with E-state index in [4.69, 9.17) is 14.6 Å². The summed E-state index contributed by atoms with van der Waals surface area (Å²) in [5.41, 5.74) is 2.16. The normalized spacial score (nSPS) is 11.5. The van der Waals surface area contributed by atoms with Crippen LogP contribution in [0, 0.1) is 0 Å². The quantitative estimate of drug-likeness (QED) is 0.446. The molecule has 2 rings (SSSR count). The average molecular weight is 414 g/mol. The Hall–Kier alpha value is -3.23. The first-order valence-corrected chi connectivity index (χ1v) is 9.37. The lowest BCUT2D eigenvalue weighted by atomic mass is 10.0. The van der Waals surface area contributed by atoms with Gasteiger partial charge < -0.3 is 24.8 Å². The first-order chi connectivity index (χ1) is 14.4. The predicted molar refractivity (Wildman–Crippen MR) is 111 cm³/mol. The number of amides is 2. The van der Waals surface area contributed by atoms with E-state index >= 15 is 0 Å². The third-order valence-corrected chi connectivity index (χ3v) is 4.54. The van der Waals surface area contributed by atoms with Crippen LogP contribution in [0.3, 0.4) is 0 Å². The van der Waals surface area contributed by atoms with Gasteiger partial charge in [-0.2, -0.15) is 0 Å². The molecule has 0 aromatic heterocycles. The van der Waals surface area contributed by atoms with E-state index in [1.807, 2.05) is 24.3 Å². The van der Waals surface area contributed by atoms with Crippen molar-refractivity contribution >= 4 is 17.6 Å². The zero-order valence-electron chi connectivity index (χ0n) is 17.3. The van der Waals surface area contributed by atoms with Gasteiger partial charge in [0.05, 0.1) is 6.61 Å². The highest BCUT2D eigenvalue weighted by atomic mass is 16.5. The molecular weight excluding hydrogens is 388 g/mol. The average Bonchev–Trinajstić information content (AvgIpc) is 2.79. The van der Waals surface area contributed by atoms with Crippen molar-refractivity contribution in [2.45, 2.75) is 6.04 Å². The minimum atomic E-state index is -1.39. The number of nitrogens with zero attached hydrogens (tertiary/aromatic N) is 1. The highest BCUT2D eigenvalue weighted by Crippen LogP contribution is 2.23. The van der Waals surface area contributed by atoms with Crippen LogP contribution < -0.4 is 10.1 Å². The molecule has 0 saturated carbocycles.